The second kappa shape index (κ2) is 8.57. The molecule has 3 atom stereocenters. The van der Waals surface area contributed by atoms with Gasteiger partial charge >= 0.3 is 17.6 Å². The van der Waals surface area contributed by atoms with Gasteiger partial charge in [-0.15, -0.1) is 0 Å². The van der Waals surface area contributed by atoms with E-state index in [0.717, 1.165) is 0 Å². The number of esters is 2. The summed E-state index contributed by atoms with van der Waals surface area (Å²) in [4.78, 5) is 37.4. The number of ether oxygens (including phenoxy) is 3. The van der Waals surface area contributed by atoms with Crippen molar-refractivity contribution in [3.05, 3.63) is 51.9 Å². The molecule has 7 heteroatoms. The molecule has 7 nitrogen and oxygen atoms in total. The Morgan fingerprint density at radius 3 is 2.52 bits per heavy atom. The molecule has 1 aliphatic rings. The predicted molar refractivity (Wildman–Crippen MR) is 115 cm³/mol. The molecule has 1 aromatic carbocycles. The van der Waals surface area contributed by atoms with E-state index in [1.54, 1.807) is 58.9 Å². The Labute approximate surface area is 181 Å². The van der Waals surface area contributed by atoms with Crippen molar-refractivity contribution in [2.24, 2.45) is 5.92 Å². The first kappa shape index (κ1) is 22.6. The van der Waals surface area contributed by atoms with Gasteiger partial charge in [0.05, 0.1) is 11.5 Å². The summed E-state index contributed by atoms with van der Waals surface area (Å²) in [5.74, 6) is -0.928. The number of benzene rings is 1. The lowest BCUT2D eigenvalue weighted by molar-refractivity contribution is -0.189. The van der Waals surface area contributed by atoms with Gasteiger partial charge < -0.3 is 18.6 Å². The molecule has 0 saturated carbocycles. The molecule has 0 aliphatic carbocycles. The maximum absolute atomic E-state index is 12.8. The Morgan fingerprint density at radius 2 is 1.87 bits per heavy atom. The summed E-state index contributed by atoms with van der Waals surface area (Å²) >= 11 is 0. The quantitative estimate of drug-likeness (QED) is 0.394. The number of fused-ring (bicyclic) bond motifs is 3. The highest BCUT2D eigenvalue weighted by Crippen LogP contribution is 2.46. The van der Waals surface area contributed by atoms with E-state index in [-0.39, 0.29) is 11.5 Å². The Bertz CT molecular complexity index is 1090. The third kappa shape index (κ3) is 4.36. The largest absolute Gasteiger partial charge is 0.483 e. The van der Waals surface area contributed by atoms with Crippen molar-refractivity contribution in [1.29, 1.82) is 0 Å². The number of carbonyl (C=O) groups excluding carboxylic acids is 2. The molecule has 166 valence electrons. The van der Waals surface area contributed by atoms with Crippen molar-refractivity contribution in [1.82, 2.24) is 0 Å². The van der Waals surface area contributed by atoms with Crippen molar-refractivity contribution in [2.75, 3.05) is 0 Å². The van der Waals surface area contributed by atoms with Gasteiger partial charge in [-0.1, -0.05) is 19.9 Å². The molecule has 0 amide bonds. The standard InChI is InChI=1S/C24H28O7/c1-7-13(3)22(26)29-20-18-16(11-9-15-10-12-17(25)28-19(15)18)31-24(5,6)21(20)30-23(27)14(4)8-2/h8-13,20-21H,7H2,1-6H3/b14-8-/t13-,20+,21+/m0/s1. The van der Waals surface area contributed by atoms with Crippen LogP contribution in [0.1, 0.15) is 59.6 Å². The first-order chi connectivity index (χ1) is 14.6. The molecule has 0 fully saturated rings. The van der Waals surface area contributed by atoms with Gasteiger partial charge in [0.25, 0.3) is 0 Å². The van der Waals surface area contributed by atoms with Gasteiger partial charge in [0.1, 0.15) is 16.9 Å². The second-order valence-corrected chi connectivity index (χ2v) is 8.32. The Kier molecular flexibility index (Phi) is 6.25. The third-order valence-corrected chi connectivity index (χ3v) is 5.65. The van der Waals surface area contributed by atoms with E-state index in [2.05, 4.69) is 0 Å². The molecule has 0 saturated heterocycles. The minimum absolute atomic E-state index is 0.242. The molecule has 3 rings (SSSR count). The van der Waals surface area contributed by atoms with Gasteiger partial charge in [-0.2, -0.15) is 0 Å². The van der Waals surface area contributed by atoms with Gasteiger partial charge in [-0.05, 0) is 52.3 Å². The number of allylic oxidation sites excluding steroid dienone is 1. The van der Waals surface area contributed by atoms with E-state index in [1.807, 2.05) is 6.92 Å². The van der Waals surface area contributed by atoms with E-state index in [0.29, 0.717) is 28.7 Å². The maximum atomic E-state index is 12.8. The first-order valence-corrected chi connectivity index (χ1v) is 10.4. The lowest BCUT2D eigenvalue weighted by atomic mass is 9.87. The van der Waals surface area contributed by atoms with Crippen LogP contribution in [-0.2, 0) is 19.1 Å². The van der Waals surface area contributed by atoms with Crippen molar-refractivity contribution < 1.29 is 28.2 Å². The highest BCUT2D eigenvalue weighted by atomic mass is 16.6. The molecule has 31 heavy (non-hydrogen) atoms. The minimum Gasteiger partial charge on any atom is -0.483 e. The zero-order chi connectivity index (χ0) is 22.9. The number of hydrogen-bond acceptors (Lipinski definition) is 7. The van der Waals surface area contributed by atoms with Gasteiger partial charge in [-0.3, -0.25) is 4.79 Å². The Morgan fingerprint density at radius 1 is 1.19 bits per heavy atom. The molecule has 0 unspecified atom stereocenters. The van der Waals surface area contributed by atoms with Crippen LogP contribution in [-0.4, -0.2) is 23.6 Å². The summed E-state index contributed by atoms with van der Waals surface area (Å²) in [6.07, 6.45) is 0.252. The van der Waals surface area contributed by atoms with E-state index in [9.17, 15) is 14.4 Å². The lowest BCUT2D eigenvalue weighted by Gasteiger charge is -2.43. The molecule has 2 heterocycles. The van der Waals surface area contributed by atoms with Crippen LogP contribution in [0.2, 0.25) is 0 Å². The van der Waals surface area contributed by atoms with E-state index in [4.69, 9.17) is 18.6 Å². The van der Waals surface area contributed by atoms with Crippen LogP contribution in [0.5, 0.6) is 5.75 Å². The van der Waals surface area contributed by atoms with Crippen LogP contribution in [0.3, 0.4) is 0 Å². The highest BCUT2D eigenvalue weighted by Gasteiger charge is 2.50. The third-order valence-electron chi connectivity index (χ3n) is 5.65. The fourth-order valence-corrected chi connectivity index (χ4v) is 3.41. The maximum Gasteiger partial charge on any atom is 0.336 e. The zero-order valence-electron chi connectivity index (χ0n) is 18.7. The number of rotatable bonds is 5. The molecular formula is C24H28O7. The molecule has 1 aromatic heterocycles. The van der Waals surface area contributed by atoms with Crippen LogP contribution in [0.25, 0.3) is 11.0 Å². The summed E-state index contributed by atoms with van der Waals surface area (Å²) in [5, 5.41) is 0.640. The van der Waals surface area contributed by atoms with Crippen LogP contribution in [0.4, 0.5) is 0 Å². The molecule has 2 aromatic rings. The average Bonchev–Trinajstić information content (AvgIpc) is 2.73. The lowest BCUT2D eigenvalue weighted by Crippen LogP contribution is -2.52. The van der Waals surface area contributed by atoms with Gasteiger partial charge in [-0.25, -0.2) is 9.59 Å². The molecule has 0 N–H and O–H groups in total. The smallest absolute Gasteiger partial charge is 0.336 e. The fraction of sp³-hybridized carbons (Fsp3) is 0.458. The van der Waals surface area contributed by atoms with E-state index >= 15 is 0 Å². The minimum atomic E-state index is -1.01. The van der Waals surface area contributed by atoms with Crippen molar-refractivity contribution in [3.8, 4) is 5.75 Å². The summed E-state index contributed by atoms with van der Waals surface area (Å²) < 4.78 is 23.3. The zero-order valence-corrected chi connectivity index (χ0v) is 18.7. The second-order valence-electron chi connectivity index (χ2n) is 8.32. The monoisotopic (exact) mass is 428 g/mol. The molecule has 0 bridgehead atoms. The Hall–Kier alpha value is -3.09. The van der Waals surface area contributed by atoms with Crippen LogP contribution < -0.4 is 10.4 Å². The first-order valence-electron chi connectivity index (χ1n) is 10.4. The summed E-state index contributed by atoms with van der Waals surface area (Å²) in [6.45, 7) is 10.5. The SMILES string of the molecule is C/C=C(/C)C(=O)O[C@@H]1[C@H](OC(=O)[C@@H](C)CC)c2c(ccc3ccc(=O)oc23)OC1(C)C. The topological polar surface area (TPSA) is 92.0 Å². The number of hydrogen-bond donors (Lipinski definition) is 0. The normalized spacial score (nSPS) is 21.0. The van der Waals surface area contributed by atoms with Crippen molar-refractivity contribution >= 4 is 22.9 Å². The molecule has 0 radical (unpaired) electrons. The Balaban J connectivity index is 2.21. The summed E-state index contributed by atoms with van der Waals surface area (Å²) in [7, 11) is 0. The molecule has 0 spiro atoms. The van der Waals surface area contributed by atoms with E-state index < -0.39 is 35.4 Å². The molecular weight excluding hydrogens is 400 g/mol. The van der Waals surface area contributed by atoms with Crippen molar-refractivity contribution in [2.45, 2.75) is 65.8 Å². The fourth-order valence-electron chi connectivity index (χ4n) is 3.41. The van der Waals surface area contributed by atoms with Gasteiger partial charge in [0.2, 0.25) is 0 Å². The van der Waals surface area contributed by atoms with Crippen LogP contribution in [0.15, 0.2) is 45.1 Å². The van der Waals surface area contributed by atoms with Crippen LogP contribution in [0, 0.1) is 5.92 Å². The van der Waals surface area contributed by atoms with Gasteiger partial charge in [0.15, 0.2) is 12.2 Å². The molecule has 1 aliphatic heterocycles. The average molecular weight is 428 g/mol. The number of carbonyl (C=O) groups is 2. The predicted octanol–water partition coefficient (Wildman–Crippen LogP) is 4.47. The summed E-state index contributed by atoms with van der Waals surface area (Å²) in [5.41, 5.74) is -0.526. The van der Waals surface area contributed by atoms with E-state index in [1.165, 1.54) is 6.07 Å². The van der Waals surface area contributed by atoms with Crippen LogP contribution >= 0.6 is 0 Å². The highest BCUT2D eigenvalue weighted by molar-refractivity contribution is 5.88. The van der Waals surface area contributed by atoms with Crippen molar-refractivity contribution in [3.63, 3.8) is 0 Å². The summed E-state index contributed by atoms with van der Waals surface area (Å²) in [6, 6.07) is 6.44. The van der Waals surface area contributed by atoms with Gasteiger partial charge in [0, 0.05) is 17.0 Å².